The van der Waals surface area contributed by atoms with Crippen molar-refractivity contribution >= 4 is 25.5 Å². The van der Waals surface area contributed by atoms with E-state index >= 15 is 0 Å². The summed E-state index contributed by atoms with van der Waals surface area (Å²) in [6, 6.07) is 16.4. The van der Waals surface area contributed by atoms with Crippen LogP contribution in [0.2, 0.25) is 0 Å². The Morgan fingerprint density at radius 1 is 0.667 bits per heavy atom. The van der Waals surface area contributed by atoms with Gasteiger partial charge in [-0.2, -0.15) is 26.3 Å². The van der Waals surface area contributed by atoms with Crippen LogP contribution in [-0.4, -0.2) is 13.2 Å². The molecule has 13 heteroatoms. The molecule has 3 rings (SSSR count). The average molecular weight is 593 g/mol. The molecule has 0 heterocycles. The number of nitrogens with one attached hydrogen (secondary N) is 1. The monoisotopic (exact) mass is 593 g/mol. The number of hydrogen-bond donors (Lipinski definition) is 1. The van der Waals surface area contributed by atoms with Crippen LogP contribution in [0.15, 0.2) is 78.9 Å². The standard InChI is InChI=1S/C26H27F6NO4P2/c1-4-36-39(35,37-5-2)24(3,19-16-20(25(27,28)29)18-21(17-19)26(30,31)32)33-38(34,22-12-8-6-9-13-22)23-14-10-7-11-15-23/h6-18H,4-5H2,1-3H3,(H,33,34)/t24-/m0/s1. The van der Waals surface area contributed by atoms with Crippen LogP contribution in [-0.2, 0) is 35.8 Å². The predicted molar refractivity (Wildman–Crippen MR) is 138 cm³/mol. The van der Waals surface area contributed by atoms with Crippen LogP contribution in [0.25, 0.3) is 0 Å². The maximum Gasteiger partial charge on any atom is 0.416 e. The van der Waals surface area contributed by atoms with E-state index in [9.17, 15) is 35.5 Å². The molecule has 0 saturated heterocycles. The molecule has 3 aromatic rings. The Labute approximate surface area is 222 Å². The molecule has 3 aromatic carbocycles. The van der Waals surface area contributed by atoms with E-state index in [1.54, 1.807) is 36.4 Å². The van der Waals surface area contributed by atoms with Gasteiger partial charge in [0, 0.05) is 10.6 Å². The third-order valence-electron chi connectivity index (χ3n) is 5.91. The maximum atomic E-state index is 14.8. The lowest BCUT2D eigenvalue weighted by molar-refractivity contribution is -0.143. The van der Waals surface area contributed by atoms with Gasteiger partial charge in [-0.3, -0.25) is 9.13 Å². The molecule has 39 heavy (non-hydrogen) atoms. The maximum absolute atomic E-state index is 14.8. The van der Waals surface area contributed by atoms with E-state index in [0.717, 1.165) is 6.92 Å². The first-order chi connectivity index (χ1) is 18.1. The van der Waals surface area contributed by atoms with Crippen LogP contribution in [0.5, 0.6) is 0 Å². The van der Waals surface area contributed by atoms with Gasteiger partial charge in [0.05, 0.1) is 24.3 Å². The fourth-order valence-electron chi connectivity index (χ4n) is 4.02. The highest BCUT2D eigenvalue weighted by Gasteiger charge is 2.54. The smallest absolute Gasteiger partial charge is 0.307 e. The lowest BCUT2D eigenvalue weighted by atomic mass is 10.0. The Hall–Kier alpha value is -2.42. The predicted octanol–water partition coefficient (Wildman–Crippen LogP) is 7.68. The van der Waals surface area contributed by atoms with Gasteiger partial charge < -0.3 is 9.05 Å². The zero-order chi connectivity index (χ0) is 29.1. The zero-order valence-corrected chi connectivity index (χ0v) is 23.0. The fourth-order valence-corrected chi connectivity index (χ4v) is 9.13. The summed E-state index contributed by atoms with van der Waals surface area (Å²) in [5.41, 5.74) is -3.98. The van der Waals surface area contributed by atoms with Crippen molar-refractivity contribution in [3.05, 3.63) is 95.6 Å². The third-order valence-corrected chi connectivity index (χ3v) is 11.6. The van der Waals surface area contributed by atoms with Crippen molar-refractivity contribution in [1.82, 2.24) is 5.09 Å². The molecule has 0 aliphatic heterocycles. The van der Waals surface area contributed by atoms with Gasteiger partial charge in [0.15, 0.2) is 0 Å². The summed E-state index contributed by atoms with van der Waals surface area (Å²) in [4.78, 5) is 0. The molecule has 0 aliphatic rings. The minimum Gasteiger partial charge on any atom is -0.307 e. The number of benzene rings is 3. The number of alkyl halides is 6. The quantitative estimate of drug-likeness (QED) is 0.193. The van der Waals surface area contributed by atoms with Crippen molar-refractivity contribution in [2.75, 3.05) is 13.2 Å². The van der Waals surface area contributed by atoms with Crippen molar-refractivity contribution in [3.8, 4) is 0 Å². The number of halogens is 6. The van der Waals surface area contributed by atoms with Crippen molar-refractivity contribution in [3.63, 3.8) is 0 Å². The minimum absolute atomic E-state index is 0.0375. The second-order valence-electron chi connectivity index (χ2n) is 8.59. The number of rotatable bonds is 10. The van der Waals surface area contributed by atoms with Gasteiger partial charge >= 0.3 is 19.9 Å². The molecule has 0 amide bonds. The van der Waals surface area contributed by atoms with Gasteiger partial charge in [-0.1, -0.05) is 36.4 Å². The summed E-state index contributed by atoms with van der Waals surface area (Å²) in [6.07, 6.45) is -10.4. The second-order valence-corrected chi connectivity index (χ2v) is 13.5. The van der Waals surface area contributed by atoms with E-state index in [0.29, 0.717) is 12.1 Å². The van der Waals surface area contributed by atoms with Gasteiger partial charge in [-0.25, -0.2) is 5.09 Å². The molecule has 212 valence electrons. The molecule has 0 unspecified atom stereocenters. The van der Waals surface area contributed by atoms with Gasteiger partial charge in [-0.05, 0) is 68.8 Å². The summed E-state index contributed by atoms with van der Waals surface area (Å²) >= 11 is 0. The lowest BCUT2D eigenvalue weighted by Crippen LogP contribution is -2.43. The molecule has 0 saturated carbocycles. The zero-order valence-electron chi connectivity index (χ0n) is 21.2. The molecule has 0 radical (unpaired) electrons. The normalized spacial score (nSPS) is 14.7. The first-order valence-corrected chi connectivity index (χ1v) is 15.1. The van der Waals surface area contributed by atoms with E-state index in [-0.39, 0.29) is 29.9 Å². The van der Waals surface area contributed by atoms with Crippen LogP contribution in [0.4, 0.5) is 26.3 Å². The summed E-state index contributed by atoms with van der Waals surface area (Å²) in [7, 11) is -8.77. The molecule has 0 bridgehead atoms. The Kier molecular flexibility index (Phi) is 9.25. The molecule has 0 spiro atoms. The highest BCUT2D eigenvalue weighted by molar-refractivity contribution is 7.77. The SMILES string of the molecule is CCOP(=O)(OCC)[C@](C)(NP(=O)(c1ccccc1)c1ccccc1)c1cc(C(F)(F)F)cc(C(F)(F)F)c1. The molecule has 5 nitrogen and oxygen atoms in total. The Morgan fingerprint density at radius 2 is 1.03 bits per heavy atom. The molecule has 0 fully saturated rings. The topological polar surface area (TPSA) is 64.6 Å². The first-order valence-electron chi connectivity index (χ1n) is 11.8. The van der Waals surface area contributed by atoms with Gasteiger partial charge in [0.2, 0.25) is 7.29 Å². The van der Waals surface area contributed by atoms with Crippen molar-refractivity contribution in [2.24, 2.45) is 0 Å². The lowest BCUT2D eigenvalue weighted by Gasteiger charge is -2.40. The van der Waals surface area contributed by atoms with E-state index in [2.05, 4.69) is 5.09 Å². The summed E-state index contributed by atoms with van der Waals surface area (Å²) in [6.45, 7) is 3.43. The Morgan fingerprint density at radius 3 is 1.36 bits per heavy atom. The number of hydrogen-bond acceptors (Lipinski definition) is 4. The van der Waals surface area contributed by atoms with E-state index in [4.69, 9.17) is 9.05 Å². The van der Waals surface area contributed by atoms with Gasteiger partial charge in [-0.15, -0.1) is 0 Å². The largest absolute Gasteiger partial charge is 0.416 e. The molecule has 0 aliphatic carbocycles. The summed E-state index contributed by atoms with van der Waals surface area (Å²) in [5, 5.41) is 0.631. The highest BCUT2D eigenvalue weighted by atomic mass is 31.2. The van der Waals surface area contributed by atoms with Gasteiger partial charge in [0.25, 0.3) is 0 Å². The van der Waals surface area contributed by atoms with Crippen LogP contribution in [0, 0.1) is 0 Å². The van der Waals surface area contributed by atoms with E-state index in [1.165, 1.54) is 38.1 Å². The van der Waals surface area contributed by atoms with Crippen molar-refractivity contribution < 1.29 is 44.5 Å². The summed E-state index contributed by atoms with van der Waals surface area (Å²) < 4.78 is 123. The second kappa shape index (κ2) is 11.6. The summed E-state index contributed by atoms with van der Waals surface area (Å²) in [5.74, 6) is 0. The molecule has 1 N–H and O–H groups in total. The first kappa shape index (κ1) is 31.1. The average Bonchev–Trinajstić information content (AvgIpc) is 2.88. The van der Waals surface area contributed by atoms with Crippen LogP contribution in [0.1, 0.15) is 37.5 Å². The Balaban J connectivity index is 2.43. The van der Waals surface area contributed by atoms with Crippen molar-refractivity contribution in [2.45, 2.75) is 38.4 Å². The van der Waals surface area contributed by atoms with Crippen LogP contribution < -0.4 is 15.7 Å². The molecule has 1 atom stereocenters. The van der Waals surface area contributed by atoms with E-state index < -0.39 is 49.2 Å². The molecular weight excluding hydrogens is 566 g/mol. The van der Waals surface area contributed by atoms with Crippen LogP contribution >= 0.6 is 14.9 Å². The Bertz CT molecular complexity index is 1280. The molecule has 0 aromatic heterocycles. The minimum atomic E-state index is -5.18. The highest BCUT2D eigenvalue weighted by Crippen LogP contribution is 2.66. The van der Waals surface area contributed by atoms with Gasteiger partial charge in [0.1, 0.15) is 5.28 Å². The third kappa shape index (κ3) is 6.50. The molecular formula is C26H27F6NO4P2. The van der Waals surface area contributed by atoms with E-state index in [1.807, 2.05) is 0 Å². The van der Waals surface area contributed by atoms with Crippen LogP contribution in [0.3, 0.4) is 0 Å². The fraction of sp³-hybridized carbons (Fsp3) is 0.308. The van der Waals surface area contributed by atoms with Crippen molar-refractivity contribution in [1.29, 1.82) is 0 Å².